The van der Waals surface area contributed by atoms with E-state index in [9.17, 15) is 9.59 Å². The molecular formula is C14H19NO3. The van der Waals surface area contributed by atoms with Crippen molar-refractivity contribution in [1.29, 1.82) is 0 Å². The average Bonchev–Trinajstić information content (AvgIpc) is 2.29. The van der Waals surface area contributed by atoms with Crippen LogP contribution < -0.4 is 5.32 Å². The molecule has 0 aliphatic heterocycles. The van der Waals surface area contributed by atoms with E-state index in [-0.39, 0.29) is 30.7 Å². The van der Waals surface area contributed by atoms with E-state index in [1.165, 1.54) is 0 Å². The third kappa shape index (κ3) is 4.20. The van der Waals surface area contributed by atoms with Crippen molar-refractivity contribution in [3.05, 3.63) is 35.9 Å². The molecule has 0 fully saturated rings. The highest BCUT2D eigenvalue weighted by Crippen LogP contribution is 2.24. The number of rotatable bonds is 6. The smallest absolute Gasteiger partial charge is 0.305 e. The standard InChI is InChI=1S/C14H19NO3/c1-10(2)13(11-6-4-3-5-7-11)14(18)15-9-8-12(16)17/h3-7,10,13H,8-9H2,1-2H3,(H,15,18)(H,16,17). The molecule has 0 aliphatic rings. The summed E-state index contributed by atoms with van der Waals surface area (Å²) in [7, 11) is 0. The number of carboxylic acids is 1. The zero-order valence-corrected chi connectivity index (χ0v) is 10.7. The molecule has 0 bridgehead atoms. The van der Waals surface area contributed by atoms with Gasteiger partial charge in [-0.25, -0.2) is 0 Å². The van der Waals surface area contributed by atoms with Crippen molar-refractivity contribution in [3.8, 4) is 0 Å². The number of carbonyl (C=O) groups is 2. The van der Waals surface area contributed by atoms with Gasteiger partial charge < -0.3 is 10.4 Å². The number of nitrogens with one attached hydrogen (secondary N) is 1. The molecule has 1 atom stereocenters. The normalized spacial score (nSPS) is 12.2. The van der Waals surface area contributed by atoms with Gasteiger partial charge in [0.2, 0.25) is 5.91 Å². The van der Waals surface area contributed by atoms with E-state index in [4.69, 9.17) is 5.11 Å². The number of carboxylic acid groups (broad SMARTS) is 1. The summed E-state index contributed by atoms with van der Waals surface area (Å²) in [6.45, 7) is 4.13. The second-order valence-electron chi connectivity index (χ2n) is 4.57. The van der Waals surface area contributed by atoms with Gasteiger partial charge in [0.05, 0.1) is 12.3 Å². The fraction of sp³-hybridized carbons (Fsp3) is 0.429. The van der Waals surface area contributed by atoms with Crippen LogP contribution in [0.4, 0.5) is 0 Å². The van der Waals surface area contributed by atoms with Crippen molar-refractivity contribution >= 4 is 11.9 Å². The summed E-state index contributed by atoms with van der Waals surface area (Å²) in [4.78, 5) is 22.5. The molecule has 1 aromatic rings. The fourth-order valence-corrected chi connectivity index (χ4v) is 1.90. The maximum absolute atomic E-state index is 12.1. The van der Waals surface area contributed by atoms with Crippen LogP contribution >= 0.6 is 0 Å². The number of amides is 1. The van der Waals surface area contributed by atoms with Crippen LogP contribution in [0.25, 0.3) is 0 Å². The Hall–Kier alpha value is -1.84. The molecule has 0 aliphatic carbocycles. The lowest BCUT2D eigenvalue weighted by Crippen LogP contribution is -2.33. The van der Waals surface area contributed by atoms with E-state index >= 15 is 0 Å². The van der Waals surface area contributed by atoms with E-state index in [2.05, 4.69) is 5.32 Å². The molecule has 0 spiro atoms. The van der Waals surface area contributed by atoms with Crippen LogP contribution in [-0.2, 0) is 9.59 Å². The van der Waals surface area contributed by atoms with Crippen LogP contribution in [0.2, 0.25) is 0 Å². The van der Waals surface area contributed by atoms with E-state index < -0.39 is 5.97 Å². The first kappa shape index (κ1) is 14.2. The van der Waals surface area contributed by atoms with E-state index in [0.29, 0.717) is 0 Å². The van der Waals surface area contributed by atoms with Crippen LogP contribution in [0.15, 0.2) is 30.3 Å². The second kappa shape index (κ2) is 6.79. The predicted octanol–water partition coefficient (Wildman–Crippen LogP) is 2.02. The number of benzene rings is 1. The van der Waals surface area contributed by atoms with Gasteiger partial charge in [0.15, 0.2) is 0 Å². The highest BCUT2D eigenvalue weighted by Gasteiger charge is 2.23. The lowest BCUT2D eigenvalue weighted by atomic mass is 9.87. The molecule has 4 nitrogen and oxygen atoms in total. The lowest BCUT2D eigenvalue weighted by molar-refractivity contribution is -0.136. The number of hydrogen-bond donors (Lipinski definition) is 2. The van der Waals surface area contributed by atoms with Crippen molar-refractivity contribution in [2.24, 2.45) is 5.92 Å². The third-order valence-corrected chi connectivity index (χ3v) is 2.75. The first-order chi connectivity index (χ1) is 8.52. The number of carbonyl (C=O) groups excluding carboxylic acids is 1. The van der Waals surface area contributed by atoms with Crippen LogP contribution in [0, 0.1) is 5.92 Å². The Labute approximate surface area is 107 Å². The largest absolute Gasteiger partial charge is 0.481 e. The van der Waals surface area contributed by atoms with E-state index in [0.717, 1.165) is 5.56 Å². The summed E-state index contributed by atoms with van der Waals surface area (Å²) in [5, 5.41) is 11.2. The number of hydrogen-bond acceptors (Lipinski definition) is 2. The van der Waals surface area contributed by atoms with Gasteiger partial charge in [-0.05, 0) is 11.5 Å². The monoisotopic (exact) mass is 249 g/mol. The Balaban J connectivity index is 2.68. The number of aliphatic carboxylic acids is 1. The van der Waals surface area contributed by atoms with Gasteiger partial charge >= 0.3 is 5.97 Å². The Kier molecular flexibility index (Phi) is 5.36. The molecule has 98 valence electrons. The van der Waals surface area contributed by atoms with Gasteiger partial charge in [0, 0.05) is 6.54 Å². The summed E-state index contributed by atoms with van der Waals surface area (Å²) in [6.07, 6.45) is -0.0503. The summed E-state index contributed by atoms with van der Waals surface area (Å²) in [5.41, 5.74) is 0.959. The highest BCUT2D eigenvalue weighted by atomic mass is 16.4. The Morgan fingerprint density at radius 1 is 1.22 bits per heavy atom. The van der Waals surface area contributed by atoms with Crippen LogP contribution in [0.1, 0.15) is 31.7 Å². The van der Waals surface area contributed by atoms with Crippen LogP contribution in [-0.4, -0.2) is 23.5 Å². The minimum Gasteiger partial charge on any atom is -0.481 e. The van der Waals surface area contributed by atoms with Crippen molar-refractivity contribution in [1.82, 2.24) is 5.32 Å². The Bertz CT molecular complexity index is 401. The minimum absolute atomic E-state index is 0.0503. The highest BCUT2D eigenvalue weighted by molar-refractivity contribution is 5.84. The molecule has 0 aromatic heterocycles. The molecule has 1 rings (SSSR count). The lowest BCUT2D eigenvalue weighted by Gasteiger charge is -2.20. The van der Waals surface area contributed by atoms with Gasteiger partial charge in [-0.15, -0.1) is 0 Å². The Morgan fingerprint density at radius 2 is 1.83 bits per heavy atom. The van der Waals surface area contributed by atoms with Gasteiger partial charge in [-0.1, -0.05) is 44.2 Å². The molecule has 4 heteroatoms. The first-order valence-electron chi connectivity index (χ1n) is 6.07. The Morgan fingerprint density at radius 3 is 2.33 bits per heavy atom. The average molecular weight is 249 g/mol. The molecule has 0 heterocycles. The minimum atomic E-state index is -0.906. The van der Waals surface area contributed by atoms with Gasteiger partial charge in [0.1, 0.15) is 0 Å². The van der Waals surface area contributed by atoms with Crippen molar-refractivity contribution in [2.45, 2.75) is 26.2 Å². The predicted molar refractivity (Wildman–Crippen MR) is 69.3 cm³/mol. The second-order valence-corrected chi connectivity index (χ2v) is 4.57. The van der Waals surface area contributed by atoms with Gasteiger partial charge in [-0.2, -0.15) is 0 Å². The third-order valence-electron chi connectivity index (χ3n) is 2.75. The van der Waals surface area contributed by atoms with Gasteiger partial charge in [0.25, 0.3) is 0 Å². The fourth-order valence-electron chi connectivity index (χ4n) is 1.90. The van der Waals surface area contributed by atoms with Crippen molar-refractivity contribution < 1.29 is 14.7 Å². The molecule has 0 radical (unpaired) electrons. The zero-order chi connectivity index (χ0) is 13.5. The maximum Gasteiger partial charge on any atom is 0.305 e. The molecule has 18 heavy (non-hydrogen) atoms. The summed E-state index contributed by atoms with van der Waals surface area (Å²) in [5.74, 6) is -1.09. The molecule has 0 saturated carbocycles. The summed E-state index contributed by atoms with van der Waals surface area (Å²) < 4.78 is 0. The first-order valence-corrected chi connectivity index (χ1v) is 6.07. The molecule has 0 saturated heterocycles. The van der Waals surface area contributed by atoms with E-state index in [1.807, 2.05) is 44.2 Å². The van der Waals surface area contributed by atoms with Crippen LogP contribution in [0.5, 0.6) is 0 Å². The molecule has 1 unspecified atom stereocenters. The molecular weight excluding hydrogens is 230 g/mol. The SMILES string of the molecule is CC(C)C(C(=O)NCCC(=O)O)c1ccccc1. The molecule has 1 aromatic carbocycles. The molecule has 1 amide bonds. The van der Waals surface area contributed by atoms with Crippen LogP contribution in [0.3, 0.4) is 0 Å². The van der Waals surface area contributed by atoms with Gasteiger partial charge in [-0.3, -0.25) is 9.59 Å². The summed E-state index contributed by atoms with van der Waals surface area (Å²) in [6, 6.07) is 9.54. The maximum atomic E-state index is 12.1. The molecule has 2 N–H and O–H groups in total. The van der Waals surface area contributed by atoms with E-state index in [1.54, 1.807) is 0 Å². The van der Waals surface area contributed by atoms with Crippen molar-refractivity contribution in [2.75, 3.05) is 6.54 Å². The zero-order valence-electron chi connectivity index (χ0n) is 10.7. The topological polar surface area (TPSA) is 66.4 Å². The summed E-state index contributed by atoms with van der Waals surface area (Å²) >= 11 is 0. The van der Waals surface area contributed by atoms with Crippen molar-refractivity contribution in [3.63, 3.8) is 0 Å². The quantitative estimate of drug-likeness (QED) is 0.810.